The SMILES string of the molecule is CCc1ccc(OCC(=O)Nc2ccc(NC(N)=O)cc2)cc1. The van der Waals surface area contributed by atoms with E-state index in [9.17, 15) is 9.59 Å². The molecular formula is C17H19N3O3. The number of carbonyl (C=O) groups excluding carboxylic acids is 2. The van der Waals surface area contributed by atoms with Gasteiger partial charge in [0.15, 0.2) is 6.61 Å². The topological polar surface area (TPSA) is 93.4 Å². The van der Waals surface area contributed by atoms with Crippen molar-refractivity contribution in [1.82, 2.24) is 0 Å². The minimum atomic E-state index is -0.635. The van der Waals surface area contributed by atoms with Crippen molar-refractivity contribution in [2.24, 2.45) is 5.73 Å². The Morgan fingerprint density at radius 2 is 1.52 bits per heavy atom. The lowest BCUT2D eigenvalue weighted by Crippen LogP contribution is -2.20. The van der Waals surface area contributed by atoms with Crippen LogP contribution in [0.4, 0.5) is 16.2 Å². The average molecular weight is 313 g/mol. The third-order valence-electron chi connectivity index (χ3n) is 3.14. The van der Waals surface area contributed by atoms with Gasteiger partial charge in [0.1, 0.15) is 5.75 Å². The number of amides is 3. The lowest BCUT2D eigenvalue weighted by molar-refractivity contribution is -0.118. The minimum absolute atomic E-state index is 0.0766. The number of ether oxygens (including phenoxy) is 1. The summed E-state index contributed by atoms with van der Waals surface area (Å²) in [6.45, 7) is 2.00. The number of nitrogens with two attached hydrogens (primary N) is 1. The highest BCUT2D eigenvalue weighted by Crippen LogP contribution is 2.14. The highest BCUT2D eigenvalue weighted by atomic mass is 16.5. The molecule has 0 aromatic heterocycles. The Kier molecular flexibility index (Phi) is 5.57. The van der Waals surface area contributed by atoms with Crippen molar-refractivity contribution in [2.75, 3.05) is 17.2 Å². The number of urea groups is 1. The molecule has 0 bridgehead atoms. The summed E-state index contributed by atoms with van der Waals surface area (Å²) >= 11 is 0. The van der Waals surface area contributed by atoms with E-state index in [1.54, 1.807) is 24.3 Å². The lowest BCUT2D eigenvalue weighted by Gasteiger charge is -2.09. The molecule has 0 saturated heterocycles. The van der Waals surface area contributed by atoms with Crippen LogP contribution in [0.5, 0.6) is 5.75 Å². The van der Waals surface area contributed by atoms with Crippen LogP contribution in [0.3, 0.4) is 0 Å². The van der Waals surface area contributed by atoms with Gasteiger partial charge >= 0.3 is 6.03 Å². The number of aryl methyl sites for hydroxylation is 1. The molecule has 0 heterocycles. The number of hydrogen-bond acceptors (Lipinski definition) is 3. The Labute approximate surface area is 134 Å². The Bertz CT molecular complexity index is 666. The second kappa shape index (κ2) is 7.84. The Hall–Kier alpha value is -3.02. The summed E-state index contributed by atoms with van der Waals surface area (Å²) in [6, 6.07) is 13.6. The average Bonchev–Trinajstić information content (AvgIpc) is 2.55. The normalized spacial score (nSPS) is 9.96. The molecule has 0 unspecified atom stereocenters. The van der Waals surface area contributed by atoms with Crippen molar-refractivity contribution in [1.29, 1.82) is 0 Å². The lowest BCUT2D eigenvalue weighted by atomic mass is 10.2. The Balaban J connectivity index is 1.82. The fourth-order valence-electron chi connectivity index (χ4n) is 1.95. The molecule has 0 spiro atoms. The Morgan fingerprint density at radius 1 is 0.957 bits per heavy atom. The van der Waals surface area contributed by atoms with Gasteiger partial charge in [-0.2, -0.15) is 0 Å². The molecular weight excluding hydrogens is 294 g/mol. The highest BCUT2D eigenvalue weighted by Gasteiger charge is 2.04. The molecule has 120 valence electrons. The maximum Gasteiger partial charge on any atom is 0.316 e. The van der Waals surface area contributed by atoms with Crippen molar-refractivity contribution in [3.05, 3.63) is 54.1 Å². The molecule has 4 N–H and O–H groups in total. The van der Waals surface area contributed by atoms with Crippen LogP contribution in [0, 0.1) is 0 Å². The van der Waals surface area contributed by atoms with Crippen LogP contribution in [0.2, 0.25) is 0 Å². The summed E-state index contributed by atoms with van der Waals surface area (Å²) in [6.07, 6.45) is 0.960. The first-order valence-corrected chi connectivity index (χ1v) is 7.25. The molecule has 23 heavy (non-hydrogen) atoms. The third-order valence-corrected chi connectivity index (χ3v) is 3.14. The van der Waals surface area contributed by atoms with E-state index >= 15 is 0 Å². The van der Waals surface area contributed by atoms with Gasteiger partial charge in [0.2, 0.25) is 0 Å². The van der Waals surface area contributed by atoms with Crippen LogP contribution < -0.4 is 21.1 Å². The van der Waals surface area contributed by atoms with Crippen LogP contribution in [0.1, 0.15) is 12.5 Å². The van der Waals surface area contributed by atoms with Crippen molar-refractivity contribution in [2.45, 2.75) is 13.3 Å². The van der Waals surface area contributed by atoms with E-state index in [4.69, 9.17) is 10.5 Å². The smallest absolute Gasteiger partial charge is 0.316 e. The van der Waals surface area contributed by atoms with Crippen LogP contribution in [-0.4, -0.2) is 18.5 Å². The van der Waals surface area contributed by atoms with Gasteiger partial charge in [-0.05, 0) is 48.4 Å². The molecule has 0 aliphatic heterocycles. The molecule has 3 amide bonds. The van der Waals surface area contributed by atoms with Crippen LogP contribution in [-0.2, 0) is 11.2 Å². The van der Waals surface area contributed by atoms with Gasteiger partial charge in [0.05, 0.1) is 0 Å². The molecule has 0 aliphatic rings. The second-order valence-corrected chi connectivity index (χ2v) is 4.90. The zero-order valence-corrected chi connectivity index (χ0v) is 12.8. The van der Waals surface area contributed by atoms with Crippen molar-refractivity contribution < 1.29 is 14.3 Å². The van der Waals surface area contributed by atoms with Gasteiger partial charge in [-0.25, -0.2) is 4.79 Å². The zero-order chi connectivity index (χ0) is 16.7. The van der Waals surface area contributed by atoms with Crippen molar-refractivity contribution >= 4 is 23.3 Å². The predicted molar refractivity (Wildman–Crippen MR) is 89.6 cm³/mol. The molecule has 2 aromatic carbocycles. The van der Waals surface area contributed by atoms with Gasteiger partial charge in [-0.15, -0.1) is 0 Å². The number of benzene rings is 2. The molecule has 2 rings (SSSR count). The highest BCUT2D eigenvalue weighted by molar-refractivity contribution is 5.92. The van der Waals surface area contributed by atoms with Crippen LogP contribution in [0.15, 0.2) is 48.5 Å². The summed E-state index contributed by atoms with van der Waals surface area (Å²) in [5.41, 5.74) is 7.40. The monoisotopic (exact) mass is 313 g/mol. The second-order valence-electron chi connectivity index (χ2n) is 4.90. The quantitative estimate of drug-likeness (QED) is 0.765. The largest absolute Gasteiger partial charge is 0.484 e. The number of rotatable bonds is 6. The molecule has 6 nitrogen and oxygen atoms in total. The molecule has 0 fully saturated rings. The van der Waals surface area contributed by atoms with Gasteiger partial charge in [-0.1, -0.05) is 19.1 Å². The van der Waals surface area contributed by atoms with E-state index in [2.05, 4.69) is 17.6 Å². The molecule has 0 atom stereocenters. The van der Waals surface area contributed by atoms with Crippen molar-refractivity contribution in [3.63, 3.8) is 0 Å². The van der Waals surface area contributed by atoms with Gasteiger partial charge in [0.25, 0.3) is 5.91 Å². The maximum atomic E-state index is 11.8. The fraction of sp³-hybridized carbons (Fsp3) is 0.176. The number of nitrogens with one attached hydrogen (secondary N) is 2. The van der Waals surface area contributed by atoms with Crippen molar-refractivity contribution in [3.8, 4) is 5.75 Å². The van der Waals surface area contributed by atoms with Gasteiger partial charge in [0, 0.05) is 11.4 Å². The van der Waals surface area contributed by atoms with E-state index in [1.165, 1.54) is 5.56 Å². The summed E-state index contributed by atoms with van der Waals surface area (Å²) < 4.78 is 5.43. The molecule has 0 saturated carbocycles. The third kappa shape index (κ3) is 5.35. The summed E-state index contributed by atoms with van der Waals surface area (Å²) in [7, 11) is 0. The first-order valence-electron chi connectivity index (χ1n) is 7.25. The molecule has 6 heteroatoms. The predicted octanol–water partition coefficient (Wildman–Crippen LogP) is 2.76. The van der Waals surface area contributed by atoms with Crippen LogP contribution >= 0.6 is 0 Å². The number of anilines is 2. The maximum absolute atomic E-state index is 11.8. The summed E-state index contributed by atoms with van der Waals surface area (Å²) in [4.78, 5) is 22.6. The molecule has 0 aliphatic carbocycles. The summed E-state index contributed by atoms with van der Waals surface area (Å²) in [5.74, 6) is 0.388. The van der Waals surface area contributed by atoms with Gasteiger partial charge in [-0.3, -0.25) is 4.79 Å². The van der Waals surface area contributed by atoms with E-state index in [-0.39, 0.29) is 12.5 Å². The first-order chi connectivity index (χ1) is 11.1. The van der Waals surface area contributed by atoms with E-state index in [1.807, 2.05) is 24.3 Å². The van der Waals surface area contributed by atoms with Gasteiger partial charge < -0.3 is 21.1 Å². The number of hydrogen-bond donors (Lipinski definition) is 3. The van der Waals surface area contributed by atoms with Crippen LogP contribution in [0.25, 0.3) is 0 Å². The minimum Gasteiger partial charge on any atom is -0.484 e. The Morgan fingerprint density at radius 3 is 2.04 bits per heavy atom. The number of carbonyl (C=O) groups is 2. The first kappa shape index (κ1) is 16.4. The zero-order valence-electron chi connectivity index (χ0n) is 12.8. The summed E-state index contributed by atoms with van der Waals surface area (Å²) in [5, 5.41) is 5.15. The fourth-order valence-corrected chi connectivity index (χ4v) is 1.95. The standard InChI is InChI=1S/C17H19N3O3/c1-2-12-3-9-15(10-4-12)23-11-16(21)19-13-5-7-14(8-6-13)20-17(18)22/h3-10H,2,11H2,1H3,(H,19,21)(H3,18,20,22). The van der Waals surface area contributed by atoms with E-state index < -0.39 is 6.03 Å². The molecule has 0 radical (unpaired) electrons. The van der Waals surface area contributed by atoms with E-state index in [0.717, 1.165) is 6.42 Å². The van der Waals surface area contributed by atoms with E-state index in [0.29, 0.717) is 17.1 Å². The number of primary amides is 1. The molecule has 2 aromatic rings.